The molecule has 0 fully saturated rings. The molecule has 0 aliphatic rings. The van der Waals surface area contributed by atoms with Gasteiger partial charge in [0, 0.05) is 25.1 Å². The van der Waals surface area contributed by atoms with Gasteiger partial charge in [-0.25, -0.2) is 13.4 Å². The number of aromatic nitrogens is 1. The van der Waals surface area contributed by atoms with Gasteiger partial charge in [-0.05, 0) is 37.3 Å². The number of nitrogens with zero attached hydrogens (tertiary/aromatic N) is 1. The highest BCUT2D eigenvalue weighted by atomic mass is 32.2. The molecule has 2 N–H and O–H groups in total. The van der Waals surface area contributed by atoms with Gasteiger partial charge < -0.3 is 9.73 Å². The zero-order chi connectivity index (χ0) is 19.6. The van der Waals surface area contributed by atoms with Gasteiger partial charge in [0.1, 0.15) is 11.5 Å². The van der Waals surface area contributed by atoms with Crippen LogP contribution < -0.4 is 10.0 Å². The van der Waals surface area contributed by atoms with Crippen LogP contribution in [-0.2, 0) is 14.8 Å². The SMILES string of the molecule is CC(=O)Nc1cccc(NS(=O)(=O)c2ccc(-c3nc(C)oc3C)cc2)c1. The number of carbonyl (C=O) groups excluding carboxylic acids is 1. The quantitative estimate of drug-likeness (QED) is 0.697. The molecule has 8 heteroatoms. The van der Waals surface area contributed by atoms with Crippen molar-refractivity contribution >= 4 is 27.3 Å². The third kappa shape index (κ3) is 4.35. The summed E-state index contributed by atoms with van der Waals surface area (Å²) in [5.41, 5.74) is 2.33. The minimum atomic E-state index is -3.77. The summed E-state index contributed by atoms with van der Waals surface area (Å²) in [6.07, 6.45) is 0. The number of hydrogen-bond donors (Lipinski definition) is 2. The monoisotopic (exact) mass is 385 g/mol. The molecular formula is C19H19N3O4S. The highest BCUT2D eigenvalue weighted by Gasteiger charge is 2.16. The molecule has 1 amide bonds. The standard InChI is InChI=1S/C19H19N3O4S/c1-12-19(21-14(3)26-12)15-7-9-18(10-8-15)27(24,25)22-17-6-4-5-16(11-17)20-13(2)23/h4-11,22H,1-3H3,(H,20,23). The van der Waals surface area contributed by atoms with Crippen LogP contribution in [0.3, 0.4) is 0 Å². The molecule has 140 valence electrons. The number of amides is 1. The van der Waals surface area contributed by atoms with Crippen molar-refractivity contribution in [1.29, 1.82) is 0 Å². The van der Waals surface area contributed by atoms with Gasteiger partial charge in [0.05, 0.1) is 10.6 Å². The van der Waals surface area contributed by atoms with E-state index in [1.165, 1.54) is 19.1 Å². The summed E-state index contributed by atoms with van der Waals surface area (Å²) in [6.45, 7) is 4.95. The van der Waals surface area contributed by atoms with Crippen molar-refractivity contribution in [2.45, 2.75) is 25.7 Å². The van der Waals surface area contributed by atoms with Crippen molar-refractivity contribution in [3.05, 3.63) is 60.2 Å². The van der Waals surface area contributed by atoms with Crippen molar-refractivity contribution in [3.8, 4) is 11.3 Å². The Morgan fingerprint density at radius 1 is 1.04 bits per heavy atom. The molecule has 0 saturated carbocycles. The lowest BCUT2D eigenvalue weighted by Crippen LogP contribution is -2.13. The van der Waals surface area contributed by atoms with E-state index >= 15 is 0 Å². The fourth-order valence-corrected chi connectivity index (χ4v) is 3.72. The number of carbonyl (C=O) groups is 1. The number of rotatable bonds is 5. The van der Waals surface area contributed by atoms with E-state index < -0.39 is 10.0 Å². The molecule has 1 heterocycles. The van der Waals surface area contributed by atoms with Gasteiger partial charge in [-0.3, -0.25) is 9.52 Å². The highest BCUT2D eigenvalue weighted by molar-refractivity contribution is 7.92. The molecule has 0 radical (unpaired) electrons. The molecule has 2 aromatic carbocycles. The fraction of sp³-hybridized carbons (Fsp3) is 0.158. The first-order chi connectivity index (χ1) is 12.7. The number of benzene rings is 2. The van der Waals surface area contributed by atoms with Crippen LogP contribution in [0.1, 0.15) is 18.6 Å². The van der Waals surface area contributed by atoms with Gasteiger partial charge in [0.15, 0.2) is 5.89 Å². The van der Waals surface area contributed by atoms with Gasteiger partial charge in [-0.2, -0.15) is 0 Å². The summed E-state index contributed by atoms with van der Waals surface area (Å²) in [6, 6.07) is 12.9. The Kier molecular flexibility index (Phi) is 5.00. The molecule has 0 bridgehead atoms. The second kappa shape index (κ2) is 7.24. The Morgan fingerprint density at radius 3 is 2.30 bits per heavy atom. The van der Waals surface area contributed by atoms with Crippen LogP contribution in [0.15, 0.2) is 57.8 Å². The van der Waals surface area contributed by atoms with E-state index in [2.05, 4.69) is 15.0 Å². The minimum absolute atomic E-state index is 0.119. The first kappa shape index (κ1) is 18.7. The molecule has 27 heavy (non-hydrogen) atoms. The van der Waals surface area contributed by atoms with Crippen LogP contribution in [0.5, 0.6) is 0 Å². The molecule has 3 aromatic rings. The van der Waals surface area contributed by atoms with Crippen molar-refractivity contribution in [2.75, 3.05) is 10.0 Å². The first-order valence-corrected chi connectivity index (χ1v) is 9.68. The summed E-state index contributed by atoms with van der Waals surface area (Å²) in [7, 11) is -3.77. The number of anilines is 2. The Morgan fingerprint density at radius 2 is 1.70 bits per heavy atom. The summed E-state index contributed by atoms with van der Waals surface area (Å²) >= 11 is 0. The predicted molar refractivity (Wildman–Crippen MR) is 103 cm³/mol. The average molecular weight is 385 g/mol. The molecular weight excluding hydrogens is 366 g/mol. The Bertz CT molecular complexity index is 1090. The smallest absolute Gasteiger partial charge is 0.261 e. The zero-order valence-electron chi connectivity index (χ0n) is 15.1. The van der Waals surface area contributed by atoms with E-state index in [0.717, 1.165) is 5.56 Å². The molecule has 3 rings (SSSR count). The van der Waals surface area contributed by atoms with Crippen LogP contribution in [-0.4, -0.2) is 19.3 Å². The summed E-state index contributed by atoms with van der Waals surface area (Å²) in [4.78, 5) is 15.6. The Labute approximate surface area is 157 Å². The molecule has 1 aromatic heterocycles. The van der Waals surface area contributed by atoms with E-state index in [1.807, 2.05) is 6.92 Å². The topological polar surface area (TPSA) is 101 Å². The molecule has 0 aliphatic heterocycles. The number of aryl methyl sites for hydroxylation is 2. The lowest BCUT2D eigenvalue weighted by atomic mass is 10.1. The molecule has 0 unspecified atom stereocenters. The molecule has 0 saturated heterocycles. The number of oxazole rings is 1. The van der Waals surface area contributed by atoms with E-state index in [4.69, 9.17) is 4.42 Å². The summed E-state index contributed by atoms with van der Waals surface area (Å²) in [5, 5.41) is 2.61. The second-order valence-corrected chi connectivity index (χ2v) is 7.71. The Hall–Kier alpha value is -3.13. The van der Waals surface area contributed by atoms with Crippen molar-refractivity contribution in [3.63, 3.8) is 0 Å². The van der Waals surface area contributed by atoms with Crippen LogP contribution in [0.25, 0.3) is 11.3 Å². The van der Waals surface area contributed by atoms with Crippen LogP contribution in [0.2, 0.25) is 0 Å². The number of nitrogens with one attached hydrogen (secondary N) is 2. The van der Waals surface area contributed by atoms with E-state index in [1.54, 1.807) is 43.3 Å². The molecule has 7 nitrogen and oxygen atoms in total. The van der Waals surface area contributed by atoms with Crippen molar-refractivity contribution in [2.24, 2.45) is 0 Å². The number of hydrogen-bond acceptors (Lipinski definition) is 5. The third-order valence-electron chi connectivity index (χ3n) is 3.78. The normalized spacial score (nSPS) is 11.2. The lowest BCUT2D eigenvalue weighted by molar-refractivity contribution is -0.114. The maximum Gasteiger partial charge on any atom is 0.261 e. The maximum absolute atomic E-state index is 12.6. The fourth-order valence-electron chi connectivity index (χ4n) is 2.67. The molecule has 0 aliphatic carbocycles. The van der Waals surface area contributed by atoms with E-state index in [9.17, 15) is 13.2 Å². The summed E-state index contributed by atoms with van der Waals surface area (Å²) < 4.78 is 33.2. The van der Waals surface area contributed by atoms with Gasteiger partial charge in [0.25, 0.3) is 10.0 Å². The van der Waals surface area contributed by atoms with Gasteiger partial charge in [0.2, 0.25) is 5.91 Å². The van der Waals surface area contributed by atoms with E-state index in [-0.39, 0.29) is 10.8 Å². The maximum atomic E-state index is 12.6. The molecule has 0 spiro atoms. The van der Waals surface area contributed by atoms with Crippen molar-refractivity contribution in [1.82, 2.24) is 4.98 Å². The summed E-state index contributed by atoms with van der Waals surface area (Å²) in [5.74, 6) is 1.000. The average Bonchev–Trinajstić information content (AvgIpc) is 2.92. The van der Waals surface area contributed by atoms with Crippen LogP contribution >= 0.6 is 0 Å². The van der Waals surface area contributed by atoms with Crippen LogP contribution in [0.4, 0.5) is 11.4 Å². The Balaban J connectivity index is 1.83. The lowest BCUT2D eigenvalue weighted by Gasteiger charge is -2.10. The highest BCUT2D eigenvalue weighted by Crippen LogP contribution is 2.25. The first-order valence-electron chi connectivity index (χ1n) is 8.19. The molecule has 0 atom stereocenters. The van der Waals surface area contributed by atoms with Gasteiger partial charge in [-0.15, -0.1) is 0 Å². The van der Waals surface area contributed by atoms with Gasteiger partial charge in [-0.1, -0.05) is 18.2 Å². The minimum Gasteiger partial charge on any atom is -0.446 e. The van der Waals surface area contributed by atoms with E-state index in [0.29, 0.717) is 28.7 Å². The predicted octanol–water partition coefficient (Wildman–Crippen LogP) is 3.72. The number of sulfonamides is 1. The van der Waals surface area contributed by atoms with Gasteiger partial charge >= 0.3 is 0 Å². The van der Waals surface area contributed by atoms with Crippen molar-refractivity contribution < 1.29 is 17.6 Å². The van der Waals surface area contributed by atoms with Crippen LogP contribution in [0, 0.1) is 13.8 Å². The second-order valence-electron chi connectivity index (χ2n) is 6.03. The third-order valence-corrected chi connectivity index (χ3v) is 5.17. The zero-order valence-corrected chi connectivity index (χ0v) is 15.9. The largest absolute Gasteiger partial charge is 0.446 e.